The minimum atomic E-state index is 0.672. The average Bonchev–Trinajstić information content (AvgIpc) is 2.24. The molecule has 0 spiro atoms. The van der Waals surface area contributed by atoms with E-state index in [1.165, 1.54) is 11.3 Å². The van der Waals surface area contributed by atoms with Crippen LogP contribution in [0.25, 0.3) is 0 Å². The SMILES string of the molecule is CNCC(CNc1cccc(C)c1)C(C)C. The lowest BCUT2D eigenvalue weighted by atomic mass is 9.95. The highest BCUT2D eigenvalue weighted by molar-refractivity contribution is 5.45. The van der Waals surface area contributed by atoms with Crippen LogP contribution < -0.4 is 10.6 Å². The van der Waals surface area contributed by atoms with E-state index < -0.39 is 0 Å². The van der Waals surface area contributed by atoms with Crippen molar-refractivity contribution < 1.29 is 0 Å². The van der Waals surface area contributed by atoms with E-state index in [1.807, 2.05) is 7.05 Å². The van der Waals surface area contributed by atoms with Gasteiger partial charge in [-0.05, 0) is 50.0 Å². The Morgan fingerprint density at radius 3 is 2.50 bits per heavy atom. The molecule has 1 atom stereocenters. The zero-order valence-corrected chi connectivity index (χ0v) is 10.9. The number of rotatable bonds is 6. The van der Waals surface area contributed by atoms with Crippen molar-refractivity contribution >= 4 is 5.69 Å². The third-order valence-corrected chi connectivity index (χ3v) is 3.00. The van der Waals surface area contributed by atoms with Gasteiger partial charge in [0.2, 0.25) is 0 Å². The number of hydrogen-bond donors (Lipinski definition) is 2. The summed E-state index contributed by atoms with van der Waals surface area (Å²) in [4.78, 5) is 0. The molecule has 1 aromatic rings. The fourth-order valence-electron chi connectivity index (χ4n) is 1.81. The Bertz CT molecular complexity index is 307. The van der Waals surface area contributed by atoms with Crippen LogP contribution in [0.4, 0.5) is 5.69 Å². The van der Waals surface area contributed by atoms with Gasteiger partial charge < -0.3 is 10.6 Å². The number of nitrogens with one attached hydrogen (secondary N) is 2. The van der Waals surface area contributed by atoms with Crippen molar-refractivity contribution in [3.8, 4) is 0 Å². The summed E-state index contributed by atoms with van der Waals surface area (Å²) in [5, 5.41) is 6.77. The standard InChI is InChI=1S/C14H24N2/c1-11(2)13(9-15-4)10-16-14-7-5-6-12(3)8-14/h5-8,11,13,15-16H,9-10H2,1-4H3. The normalized spacial score (nSPS) is 12.8. The minimum absolute atomic E-state index is 0.672. The van der Waals surface area contributed by atoms with E-state index in [4.69, 9.17) is 0 Å². The van der Waals surface area contributed by atoms with E-state index in [2.05, 4.69) is 55.7 Å². The van der Waals surface area contributed by atoms with Crippen LogP contribution in [0, 0.1) is 18.8 Å². The topological polar surface area (TPSA) is 24.1 Å². The van der Waals surface area contributed by atoms with Crippen molar-refractivity contribution in [3.63, 3.8) is 0 Å². The van der Waals surface area contributed by atoms with Crippen LogP contribution in [0.2, 0.25) is 0 Å². The van der Waals surface area contributed by atoms with Gasteiger partial charge in [-0.3, -0.25) is 0 Å². The summed E-state index contributed by atoms with van der Waals surface area (Å²) in [6, 6.07) is 8.54. The maximum Gasteiger partial charge on any atom is 0.0342 e. The Labute approximate surface area is 99.5 Å². The fraction of sp³-hybridized carbons (Fsp3) is 0.571. The van der Waals surface area contributed by atoms with E-state index in [9.17, 15) is 0 Å². The molecule has 90 valence electrons. The van der Waals surface area contributed by atoms with Crippen LogP contribution in [0.1, 0.15) is 19.4 Å². The molecule has 2 N–H and O–H groups in total. The first kappa shape index (κ1) is 13.0. The molecule has 0 bridgehead atoms. The van der Waals surface area contributed by atoms with Crippen LogP contribution in [0.15, 0.2) is 24.3 Å². The first-order chi connectivity index (χ1) is 7.63. The molecule has 2 nitrogen and oxygen atoms in total. The predicted octanol–water partition coefficient (Wildman–Crippen LogP) is 2.90. The van der Waals surface area contributed by atoms with Gasteiger partial charge in [0.25, 0.3) is 0 Å². The van der Waals surface area contributed by atoms with E-state index in [0.717, 1.165) is 13.1 Å². The first-order valence-electron chi connectivity index (χ1n) is 6.08. The highest BCUT2D eigenvalue weighted by Gasteiger charge is 2.11. The molecule has 0 amide bonds. The molecule has 16 heavy (non-hydrogen) atoms. The molecule has 2 heteroatoms. The van der Waals surface area contributed by atoms with Gasteiger partial charge in [0, 0.05) is 12.2 Å². The van der Waals surface area contributed by atoms with Crippen molar-refractivity contribution in [2.24, 2.45) is 11.8 Å². The summed E-state index contributed by atoms with van der Waals surface area (Å²) in [7, 11) is 2.02. The second-order valence-corrected chi connectivity index (χ2v) is 4.81. The zero-order chi connectivity index (χ0) is 12.0. The third-order valence-electron chi connectivity index (χ3n) is 3.00. The molecule has 0 aliphatic heterocycles. The van der Waals surface area contributed by atoms with Gasteiger partial charge in [0.05, 0.1) is 0 Å². The summed E-state index contributed by atoms with van der Waals surface area (Å²) in [6.45, 7) is 8.77. The fourth-order valence-corrected chi connectivity index (χ4v) is 1.81. The highest BCUT2D eigenvalue weighted by atomic mass is 14.9. The van der Waals surface area contributed by atoms with Crippen LogP contribution >= 0.6 is 0 Å². The van der Waals surface area contributed by atoms with Gasteiger partial charge in [-0.25, -0.2) is 0 Å². The van der Waals surface area contributed by atoms with Crippen LogP contribution in [-0.4, -0.2) is 20.1 Å². The van der Waals surface area contributed by atoms with Crippen LogP contribution in [-0.2, 0) is 0 Å². The second-order valence-electron chi connectivity index (χ2n) is 4.81. The van der Waals surface area contributed by atoms with E-state index in [-0.39, 0.29) is 0 Å². The molecular formula is C14H24N2. The van der Waals surface area contributed by atoms with Gasteiger partial charge in [-0.1, -0.05) is 26.0 Å². The average molecular weight is 220 g/mol. The number of benzene rings is 1. The Morgan fingerprint density at radius 1 is 1.19 bits per heavy atom. The lowest BCUT2D eigenvalue weighted by Gasteiger charge is -2.21. The number of anilines is 1. The van der Waals surface area contributed by atoms with Crippen LogP contribution in [0.5, 0.6) is 0 Å². The van der Waals surface area contributed by atoms with Gasteiger partial charge in [0.1, 0.15) is 0 Å². The van der Waals surface area contributed by atoms with Gasteiger partial charge >= 0.3 is 0 Å². The number of hydrogen-bond acceptors (Lipinski definition) is 2. The summed E-state index contributed by atoms with van der Waals surface area (Å²) in [5.41, 5.74) is 2.53. The maximum absolute atomic E-state index is 3.51. The van der Waals surface area contributed by atoms with Crippen LogP contribution in [0.3, 0.4) is 0 Å². The summed E-state index contributed by atoms with van der Waals surface area (Å²) >= 11 is 0. The van der Waals surface area contributed by atoms with Gasteiger partial charge in [-0.15, -0.1) is 0 Å². The molecule has 0 aromatic heterocycles. The largest absolute Gasteiger partial charge is 0.385 e. The molecular weight excluding hydrogens is 196 g/mol. The molecule has 0 saturated carbocycles. The molecule has 0 aliphatic carbocycles. The predicted molar refractivity (Wildman–Crippen MR) is 71.9 cm³/mol. The zero-order valence-electron chi connectivity index (χ0n) is 10.9. The lowest BCUT2D eigenvalue weighted by Crippen LogP contribution is -2.29. The second kappa shape index (κ2) is 6.54. The minimum Gasteiger partial charge on any atom is -0.385 e. The van der Waals surface area contributed by atoms with E-state index in [0.29, 0.717) is 11.8 Å². The molecule has 1 unspecified atom stereocenters. The smallest absolute Gasteiger partial charge is 0.0342 e. The monoisotopic (exact) mass is 220 g/mol. The van der Waals surface area contributed by atoms with Crippen molar-refractivity contribution in [3.05, 3.63) is 29.8 Å². The molecule has 0 fully saturated rings. The van der Waals surface area contributed by atoms with Gasteiger partial charge in [-0.2, -0.15) is 0 Å². The van der Waals surface area contributed by atoms with Crippen molar-refractivity contribution in [1.82, 2.24) is 5.32 Å². The Balaban J connectivity index is 2.48. The number of aryl methyl sites for hydroxylation is 1. The summed E-state index contributed by atoms with van der Waals surface area (Å²) in [6.07, 6.45) is 0. The molecule has 1 aromatic carbocycles. The van der Waals surface area contributed by atoms with Crippen molar-refractivity contribution in [2.75, 3.05) is 25.5 Å². The van der Waals surface area contributed by atoms with Gasteiger partial charge in [0.15, 0.2) is 0 Å². The Morgan fingerprint density at radius 2 is 1.94 bits per heavy atom. The first-order valence-corrected chi connectivity index (χ1v) is 6.08. The van der Waals surface area contributed by atoms with E-state index in [1.54, 1.807) is 0 Å². The molecule has 0 saturated heterocycles. The molecule has 0 radical (unpaired) electrons. The summed E-state index contributed by atoms with van der Waals surface area (Å²) in [5.74, 6) is 1.37. The quantitative estimate of drug-likeness (QED) is 0.770. The maximum atomic E-state index is 3.51. The highest BCUT2D eigenvalue weighted by Crippen LogP contribution is 2.14. The summed E-state index contributed by atoms with van der Waals surface area (Å²) < 4.78 is 0. The van der Waals surface area contributed by atoms with Crippen molar-refractivity contribution in [2.45, 2.75) is 20.8 Å². The molecule has 0 aliphatic rings. The Hall–Kier alpha value is -1.02. The van der Waals surface area contributed by atoms with E-state index >= 15 is 0 Å². The molecule has 0 heterocycles. The third kappa shape index (κ3) is 4.23. The molecule has 1 rings (SSSR count). The lowest BCUT2D eigenvalue weighted by molar-refractivity contribution is 0.390. The van der Waals surface area contributed by atoms with Crippen molar-refractivity contribution in [1.29, 1.82) is 0 Å². The Kier molecular flexibility index (Phi) is 5.33.